The molecule has 17 heavy (non-hydrogen) atoms. The number of Topliss-reactive ketones (excluding diaryl/α,β-unsaturated/α-hetero) is 1. The number of ketones is 1. The lowest BCUT2D eigenvalue weighted by Gasteiger charge is -2.13. The van der Waals surface area contributed by atoms with E-state index in [0.717, 1.165) is 6.54 Å². The number of benzene rings is 1. The van der Waals surface area contributed by atoms with Crippen LogP contribution in [0.1, 0.15) is 24.2 Å². The van der Waals surface area contributed by atoms with Gasteiger partial charge in [0.25, 0.3) is 0 Å². The lowest BCUT2D eigenvalue weighted by Crippen LogP contribution is -2.26. The molecule has 0 radical (unpaired) electrons. The molecule has 0 saturated carbocycles. The minimum atomic E-state index is -0.0951. The first-order chi connectivity index (χ1) is 8.10. The molecule has 0 aliphatic carbocycles. The van der Waals surface area contributed by atoms with E-state index in [0.29, 0.717) is 22.9 Å². The standard InChI is InChI=1S/C13H18ClNO2/c1-4-15-8-9(2)13(16)11-7-10(14)5-6-12(11)17-3/h5-7,9,15H,4,8H2,1-3H3. The molecule has 1 aromatic carbocycles. The molecular weight excluding hydrogens is 238 g/mol. The van der Waals surface area contributed by atoms with Gasteiger partial charge in [-0.05, 0) is 24.7 Å². The minimum absolute atomic E-state index is 0.0466. The third-order valence-electron chi connectivity index (χ3n) is 2.58. The van der Waals surface area contributed by atoms with Gasteiger partial charge < -0.3 is 10.1 Å². The number of methoxy groups -OCH3 is 1. The summed E-state index contributed by atoms with van der Waals surface area (Å²) in [5.74, 6) is 0.523. The normalized spacial score (nSPS) is 12.2. The topological polar surface area (TPSA) is 38.3 Å². The van der Waals surface area contributed by atoms with Crippen LogP contribution in [0.15, 0.2) is 18.2 Å². The van der Waals surface area contributed by atoms with Crippen molar-refractivity contribution >= 4 is 17.4 Å². The van der Waals surface area contributed by atoms with Crippen LogP contribution < -0.4 is 10.1 Å². The Morgan fingerprint density at radius 1 is 1.53 bits per heavy atom. The van der Waals surface area contributed by atoms with E-state index in [1.165, 1.54) is 0 Å². The van der Waals surface area contributed by atoms with Crippen molar-refractivity contribution in [1.82, 2.24) is 5.32 Å². The smallest absolute Gasteiger partial charge is 0.170 e. The van der Waals surface area contributed by atoms with Gasteiger partial charge in [0.15, 0.2) is 5.78 Å². The molecule has 0 amide bonds. The van der Waals surface area contributed by atoms with Crippen LogP contribution in [0.25, 0.3) is 0 Å². The van der Waals surface area contributed by atoms with Crippen molar-refractivity contribution in [3.8, 4) is 5.75 Å². The highest BCUT2D eigenvalue weighted by molar-refractivity contribution is 6.31. The van der Waals surface area contributed by atoms with Gasteiger partial charge in [-0.15, -0.1) is 0 Å². The number of rotatable bonds is 6. The number of carbonyl (C=O) groups excluding carboxylic acids is 1. The van der Waals surface area contributed by atoms with Gasteiger partial charge in [0, 0.05) is 17.5 Å². The Morgan fingerprint density at radius 2 is 2.24 bits per heavy atom. The highest BCUT2D eigenvalue weighted by atomic mass is 35.5. The molecule has 3 nitrogen and oxygen atoms in total. The summed E-state index contributed by atoms with van der Waals surface area (Å²) in [4.78, 5) is 12.2. The maximum absolute atomic E-state index is 12.2. The molecule has 0 saturated heterocycles. The van der Waals surface area contributed by atoms with E-state index in [2.05, 4.69) is 5.32 Å². The molecule has 1 N–H and O–H groups in total. The molecule has 0 heterocycles. The fourth-order valence-corrected chi connectivity index (χ4v) is 1.76. The van der Waals surface area contributed by atoms with Crippen LogP contribution in [0.3, 0.4) is 0 Å². The summed E-state index contributed by atoms with van der Waals surface area (Å²) in [7, 11) is 1.55. The molecule has 1 atom stereocenters. The van der Waals surface area contributed by atoms with E-state index in [9.17, 15) is 4.79 Å². The number of nitrogens with one attached hydrogen (secondary N) is 1. The van der Waals surface area contributed by atoms with Crippen LogP contribution in [-0.2, 0) is 0 Å². The van der Waals surface area contributed by atoms with E-state index in [1.807, 2.05) is 13.8 Å². The predicted octanol–water partition coefficient (Wildman–Crippen LogP) is 2.78. The summed E-state index contributed by atoms with van der Waals surface area (Å²) in [6.07, 6.45) is 0. The molecule has 1 unspecified atom stereocenters. The van der Waals surface area contributed by atoms with Crippen molar-refractivity contribution in [3.63, 3.8) is 0 Å². The number of hydrogen-bond donors (Lipinski definition) is 1. The van der Waals surface area contributed by atoms with Crippen LogP contribution in [-0.4, -0.2) is 26.0 Å². The third-order valence-corrected chi connectivity index (χ3v) is 2.81. The summed E-state index contributed by atoms with van der Waals surface area (Å²) < 4.78 is 5.18. The lowest BCUT2D eigenvalue weighted by molar-refractivity contribution is 0.0926. The van der Waals surface area contributed by atoms with Gasteiger partial charge in [0.1, 0.15) is 5.75 Å². The van der Waals surface area contributed by atoms with Crippen molar-refractivity contribution in [3.05, 3.63) is 28.8 Å². The molecule has 0 aliphatic rings. The first kappa shape index (κ1) is 14.0. The van der Waals surface area contributed by atoms with Gasteiger partial charge in [-0.1, -0.05) is 25.4 Å². The van der Waals surface area contributed by atoms with Gasteiger partial charge in [0.2, 0.25) is 0 Å². The molecule has 0 bridgehead atoms. The summed E-state index contributed by atoms with van der Waals surface area (Å²) >= 11 is 5.90. The zero-order valence-corrected chi connectivity index (χ0v) is 11.2. The molecule has 0 spiro atoms. The number of hydrogen-bond acceptors (Lipinski definition) is 3. The summed E-state index contributed by atoms with van der Waals surface area (Å²) in [6.45, 7) is 5.41. The van der Waals surface area contributed by atoms with Crippen molar-refractivity contribution in [2.45, 2.75) is 13.8 Å². The van der Waals surface area contributed by atoms with Gasteiger partial charge >= 0.3 is 0 Å². The molecule has 1 aromatic rings. The molecule has 94 valence electrons. The van der Waals surface area contributed by atoms with E-state index >= 15 is 0 Å². The Hall–Kier alpha value is -1.06. The van der Waals surface area contributed by atoms with E-state index in [-0.39, 0.29) is 11.7 Å². The zero-order chi connectivity index (χ0) is 12.8. The summed E-state index contributed by atoms with van der Waals surface area (Å²) in [6, 6.07) is 5.09. The lowest BCUT2D eigenvalue weighted by atomic mass is 9.98. The Balaban J connectivity index is 2.90. The number of halogens is 1. The van der Waals surface area contributed by atoms with Crippen LogP contribution in [0.5, 0.6) is 5.75 Å². The van der Waals surface area contributed by atoms with Crippen molar-refractivity contribution in [1.29, 1.82) is 0 Å². The first-order valence-corrected chi connectivity index (χ1v) is 6.06. The fraction of sp³-hybridized carbons (Fsp3) is 0.462. The molecule has 0 aromatic heterocycles. The van der Waals surface area contributed by atoms with Crippen molar-refractivity contribution in [2.75, 3.05) is 20.2 Å². The average Bonchev–Trinajstić information content (AvgIpc) is 2.34. The Kier molecular flexibility index (Phi) is 5.45. The minimum Gasteiger partial charge on any atom is -0.496 e. The van der Waals surface area contributed by atoms with Gasteiger partial charge in [0.05, 0.1) is 12.7 Å². The molecule has 1 rings (SSSR count). The van der Waals surface area contributed by atoms with Crippen LogP contribution in [0.2, 0.25) is 5.02 Å². The summed E-state index contributed by atoms with van der Waals surface area (Å²) in [5, 5.41) is 3.70. The van der Waals surface area contributed by atoms with Crippen LogP contribution in [0.4, 0.5) is 0 Å². The van der Waals surface area contributed by atoms with Gasteiger partial charge in [-0.2, -0.15) is 0 Å². The van der Waals surface area contributed by atoms with Crippen LogP contribution >= 0.6 is 11.6 Å². The SMILES string of the molecule is CCNCC(C)C(=O)c1cc(Cl)ccc1OC. The number of carbonyl (C=O) groups is 1. The Bertz CT molecular complexity index is 393. The maximum atomic E-state index is 12.2. The van der Waals surface area contributed by atoms with E-state index in [4.69, 9.17) is 16.3 Å². The van der Waals surface area contributed by atoms with Gasteiger partial charge in [-0.3, -0.25) is 4.79 Å². The van der Waals surface area contributed by atoms with E-state index < -0.39 is 0 Å². The molecular formula is C13H18ClNO2. The second-order valence-electron chi connectivity index (χ2n) is 3.92. The largest absolute Gasteiger partial charge is 0.496 e. The molecule has 0 aliphatic heterocycles. The maximum Gasteiger partial charge on any atom is 0.170 e. The third kappa shape index (κ3) is 3.72. The zero-order valence-electron chi connectivity index (χ0n) is 10.4. The van der Waals surface area contributed by atoms with Crippen LogP contribution in [0, 0.1) is 5.92 Å². The quantitative estimate of drug-likeness (QED) is 0.795. The highest BCUT2D eigenvalue weighted by Gasteiger charge is 2.18. The molecule has 0 fully saturated rings. The first-order valence-electron chi connectivity index (χ1n) is 5.68. The highest BCUT2D eigenvalue weighted by Crippen LogP contribution is 2.25. The van der Waals surface area contributed by atoms with Crippen molar-refractivity contribution in [2.24, 2.45) is 5.92 Å². The van der Waals surface area contributed by atoms with Gasteiger partial charge in [-0.25, -0.2) is 0 Å². The number of ether oxygens (including phenoxy) is 1. The second kappa shape index (κ2) is 6.62. The van der Waals surface area contributed by atoms with E-state index in [1.54, 1.807) is 25.3 Å². The van der Waals surface area contributed by atoms with Crippen molar-refractivity contribution < 1.29 is 9.53 Å². The molecule has 4 heteroatoms. The Morgan fingerprint density at radius 3 is 2.82 bits per heavy atom. The second-order valence-corrected chi connectivity index (χ2v) is 4.35. The monoisotopic (exact) mass is 255 g/mol. The summed E-state index contributed by atoms with van der Waals surface area (Å²) in [5.41, 5.74) is 0.547. The predicted molar refractivity (Wildman–Crippen MR) is 70.0 cm³/mol. The Labute approximate surface area is 107 Å². The fourth-order valence-electron chi connectivity index (χ4n) is 1.59. The average molecular weight is 256 g/mol.